The number of piperidine rings is 1. The van der Waals surface area contributed by atoms with Crippen molar-refractivity contribution < 1.29 is 23.1 Å². The lowest BCUT2D eigenvalue weighted by Crippen LogP contribution is -2.47. The zero-order chi connectivity index (χ0) is 10.1. The van der Waals surface area contributed by atoms with Crippen LogP contribution in [-0.2, 0) is 4.79 Å². The maximum absolute atomic E-state index is 12.1. The Kier molecular flexibility index (Phi) is 4.67. The zero-order valence-electron chi connectivity index (χ0n) is 7.17. The predicted molar refractivity (Wildman–Crippen MR) is 45.5 cm³/mol. The third-order valence-electron chi connectivity index (χ3n) is 2.18. The Balaban J connectivity index is 0.00000169. The highest BCUT2D eigenvalue weighted by atomic mass is 35.5. The molecule has 0 aromatic rings. The highest BCUT2D eigenvalue weighted by molar-refractivity contribution is 5.85. The van der Waals surface area contributed by atoms with Crippen LogP contribution in [0, 0.1) is 5.92 Å². The number of alkyl halides is 3. The van der Waals surface area contributed by atoms with Gasteiger partial charge in [0.05, 0.1) is 5.92 Å². The van der Waals surface area contributed by atoms with Gasteiger partial charge in [0.1, 0.15) is 6.04 Å². The van der Waals surface area contributed by atoms with Crippen molar-refractivity contribution in [3.8, 4) is 0 Å². The van der Waals surface area contributed by atoms with E-state index in [4.69, 9.17) is 5.11 Å². The van der Waals surface area contributed by atoms with Gasteiger partial charge in [0.25, 0.3) is 0 Å². The van der Waals surface area contributed by atoms with E-state index >= 15 is 0 Å². The summed E-state index contributed by atoms with van der Waals surface area (Å²) in [6.45, 7) is -0.291. The van der Waals surface area contributed by atoms with Crippen molar-refractivity contribution in [2.24, 2.45) is 5.92 Å². The van der Waals surface area contributed by atoms with Crippen LogP contribution in [0.2, 0.25) is 0 Å². The predicted octanol–water partition coefficient (Wildman–Crippen LogP) is 1.42. The quantitative estimate of drug-likeness (QED) is 0.720. The van der Waals surface area contributed by atoms with Gasteiger partial charge in [-0.25, -0.2) is 0 Å². The number of hydrogen-bond acceptors (Lipinski definition) is 2. The first kappa shape index (κ1) is 13.5. The molecule has 1 aliphatic heterocycles. The van der Waals surface area contributed by atoms with Gasteiger partial charge in [-0.2, -0.15) is 13.2 Å². The van der Waals surface area contributed by atoms with Gasteiger partial charge in [-0.15, -0.1) is 12.4 Å². The van der Waals surface area contributed by atoms with E-state index < -0.39 is 24.1 Å². The molecule has 84 valence electrons. The van der Waals surface area contributed by atoms with E-state index in [1.165, 1.54) is 0 Å². The van der Waals surface area contributed by atoms with E-state index in [0.29, 0.717) is 0 Å². The third kappa shape index (κ3) is 3.34. The van der Waals surface area contributed by atoms with Crippen molar-refractivity contribution in [2.75, 3.05) is 6.54 Å². The molecule has 0 amide bonds. The monoisotopic (exact) mass is 233 g/mol. The molecule has 1 aliphatic rings. The Labute approximate surface area is 85.1 Å². The standard InChI is InChI=1S/C7H10F3NO2.ClH/c8-7(9,10)4-1-2-5(6(12)13)11-3-4;/h4-5,11H,1-3H2,(H,12,13);1H. The molecule has 0 aromatic heterocycles. The maximum Gasteiger partial charge on any atom is 0.393 e. The minimum atomic E-state index is -4.21. The van der Waals surface area contributed by atoms with Crippen LogP contribution in [0.25, 0.3) is 0 Å². The largest absolute Gasteiger partial charge is 0.480 e. The molecule has 0 saturated carbocycles. The van der Waals surface area contributed by atoms with Crippen LogP contribution >= 0.6 is 12.4 Å². The summed E-state index contributed by atoms with van der Waals surface area (Å²) in [6.07, 6.45) is -4.27. The average molecular weight is 234 g/mol. The van der Waals surface area contributed by atoms with Crippen molar-refractivity contribution in [1.29, 1.82) is 0 Å². The molecule has 2 atom stereocenters. The van der Waals surface area contributed by atoms with Gasteiger partial charge in [0.15, 0.2) is 0 Å². The first-order valence-electron chi connectivity index (χ1n) is 3.94. The molecule has 7 heteroatoms. The maximum atomic E-state index is 12.1. The number of carboxylic acids is 1. The fourth-order valence-corrected chi connectivity index (χ4v) is 1.35. The number of aliphatic carboxylic acids is 1. The topological polar surface area (TPSA) is 49.3 Å². The molecule has 0 aromatic carbocycles. The van der Waals surface area contributed by atoms with Crippen LogP contribution in [0.3, 0.4) is 0 Å². The van der Waals surface area contributed by atoms with Crippen LogP contribution < -0.4 is 5.32 Å². The Morgan fingerprint density at radius 2 is 1.93 bits per heavy atom. The fourth-order valence-electron chi connectivity index (χ4n) is 1.35. The molecule has 0 bridgehead atoms. The second-order valence-corrected chi connectivity index (χ2v) is 3.11. The summed E-state index contributed by atoms with van der Waals surface area (Å²) in [4.78, 5) is 10.4. The molecule has 1 fully saturated rings. The molecule has 0 aliphatic carbocycles. The second kappa shape index (κ2) is 4.84. The van der Waals surface area contributed by atoms with Gasteiger partial charge >= 0.3 is 12.1 Å². The molecule has 14 heavy (non-hydrogen) atoms. The Morgan fingerprint density at radius 3 is 2.21 bits per heavy atom. The zero-order valence-corrected chi connectivity index (χ0v) is 7.99. The number of carboxylic acid groups (broad SMARTS) is 1. The van der Waals surface area contributed by atoms with E-state index in [1.807, 2.05) is 0 Å². The summed E-state index contributed by atoms with van der Waals surface area (Å²) in [5.74, 6) is -2.48. The lowest BCUT2D eigenvalue weighted by Gasteiger charge is -2.28. The highest BCUT2D eigenvalue weighted by Crippen LogP contribution is 2.31. The van der Waals surface area contributed by atoms with Crippen molar-refractivity contribution in [3.05, 3.63) is 0 Å². The smallest absolute Gasteiger partial charge is 0.393 e. The summed E-state index contributed by atoms with van der Waals surface area (Å²) in [5.41, 5.74) is 0. The molecule has 3 nitrogen and oxygen atoms in total. The number of carbonyl (C=O) groups is 1. The average Bonchev–Trinajstić information content (AvgIpc) is 2.03. The molecular formula is C7H11ClF3NO2. The lowest BCUT2D eigenvalue weighted by atomic mass is 9.94. The van der Waals surface area contributed by atoms with Crippen LogP contribution in [0.1, 0.15) is 12.8 Å². The summed E-state index contributed by atoms with van der Waals surface area (Å²) in [7, 11) is 0. The van der Waals surface area contributed by atoms with Crippen molar-refractivity contribution in [1.82, 2.24) is 5.32 Å². The van der Waals surface area contributed by atoms with E-state index in [2.05, 4.69) is 5.32 Å². The van der Waals surface area contributed by atoms with Crippen molar-refractivity contribution in [2.45, 2.75) is 25.1 Å². The Morgan fingerprint density at radius 1 is 1.36 bits per heavy atom. The lowest BCUT2D eigenvalue weighted by molar-refractivity contribution is -0.181. The Hall–Kier alpha value is -0.490. The second-order valence-electron chi connectivity index (χ2n) is 3.11. The summed E-state index contributed by atoms with van der Waals surface area (Å²) < 4.78 is 36.2. The molecule has 1 rings (SSSR count). The SMILES string of the molecule is Cl.O=C(O)C1CCC(C(F)(F)F)CN1. The molecule has 1 saturated heterocycles. The van der Waals surface area contributed by atoms with Crippen molar-refractivity contribution >= 4 is 18.4 Å². The fraction of sp³-hybridized carbons (Fsp3) is 0.857. The van der Waals surface area contributed by atoms with E-state index in [9.17, 15) is 18.0 Å². The van der Waals surface area contributed by atoms with E-state index in [-0.39, 0.29) is 31.8 Å². The molecule has 2 N–H and O–H groups in total. The van der Waals surface area contributed by atoms with Gasteiger partial charge in [-0.1, -0.05) is 0 Å². The minimum absolute atomic E-state index is 0. The van der Waals surface area contributed by atoms with Gasteiger partial charge in [0, 0.05) is 6.54 Å². The molecule has 0 spiro atoms. The molecular weight excluding hydrogens is 223 g/mol. The highest BCUT2D eigenvalue weighted by Gasteiger charge is 2.42. The van der Waals surface area contributed by atoms with Crippen LogP contribution in [0.5, 0.6) is 0 Å². The number of rotatable bonds is 1. The number of hydrogen-bond donors (Lipinski definition) is 2. The number of halogens is 4. The summed E-state index contributed by atoms with van der Waals surface area (Å²) >= 11 is 0. The van der Waals surface area contributed by atoms with Crippen molar-refractivity contribution in [3.63, 3.8) is 0 Å². The van der Waals surface area contributed by atoms with Crippen LogP contribution in [0.4, 0.5) is 13.2 Å². The van der Waals surface area contributed by atoms with Gasteiger partial charge in [-0.3, -0.25) is 4.79 Å². The normalized spacial score (nSPS) is 27.9. The van der Waals surface area contributed by atoms with Crippen LogP contribution in [0.15, 0.2) is 0 Å². The van der Waals surface area contributed by atoms with E-state index in [1.54, 1.807) is 0 Å². The molecule has 1 heterocycles. The van der Waals surface area contributed by atoms with Gasteiger partial charge in [-0.05, 0) is 12.8 Å². The first-order chi connectivity index (χ1) is 5.91. The Bertz CT molecular complexity index is 202. The van der Waals surface area contributed by atoms with Gasteiger partial charge < -0.3 is 10.4 Å². The molecule has 2 unspecified atom stereocenters. The van der Waals surface area contributed by atoms with E-state index in [0.717, 1.165) is 0 Å². The minimum Gasteiger partial charge on any atom is -0.480 e. The van der Waals surface area contributed by atoms with Crippen LogP contribution in [-0.4, -0.2) is 29.8 Å². The molecule has 0 radical (unpaired) electrons. The third-order valence-corrected chi connectivity index (χ3v) is 2.18. The summed E-state index contributed by atoms with van der Waals surface area (Å²) in [5, 5.41) is 10.8. The van der Waals surface area contributed by atoms with Gasteiger partial charge in [0.2, 0.25) is 0 Å². The first-order valence-corrected chi connectivity index (χ1v) is 3.94. The number of nitrogens with one attached hydrogen (secondary N) is 1. The summed E-state index contributed by atoms with van der Waals surface area (Å²) in [6, 6.07) is -0.821.